The number of hydrogen-bond acceptors (Lipinski definition) is 12. The zero-order chi connectivity index (χ0) is 32.7. The summed E-state index contributed by atoms with van der Waals surface area (Å²) in [5.41, 5.74) is 1.23. The zero-order valence-electron chi connectivity index (χ0n) is 25.2. The molecule has 1 aromatic heterocycles. The molecule has 0 amide bonds. The Labute approximate surface area is 276 Å². The molecule has 0 saturated heterocycles. The molecule has 0 spiro atoms. The van der Waals surface area contributed by atoms with Gasteiger partial charge in [-0.1, -0.05) is 17.4 Å². The summed E-state index contributed by atoms with van der Waals surface area (Å²) in [6.45, 7) is 5.03. The van der Waals surface area contributed by atoms with E-state index in [4.69, 9.17) is 28.9 Å². The largest absolute Gasteiger partial charge is 0.493 e. The third-order valence-corrected chi connectivity index (χ3v) is 8.12. The quantitative estimate of drug-likeness (QED) is 0.200. The Morgan fingerprint density at radius 3 is 2.53 bits per heavy atom. The molecule has 3 aromatic rings. The second kappa shape index (κ2) is 15.1. The maximum atomic E-state index is 14.2. The monoisotopic (exact) mass is 747 g/mol. The van der Waals surface area contributed by atoms with E-state index in [1.54, 1.807) is 51.1 Å². The number of allylic oxidation sites excluding steroid dienone is 1. The summed E-state index contributed by atoms with van der Waals surface area (Å²) < 4.78 is 35.2. The number of thiazole rings is 1. The fourth-order valence-electron chi connectivity index (χ4n) is 4.63. The van der Waals surface area contributed by atoms with Gasteiger partial charge in [-0.2, -0.15) is 5.26 Å². The third kappa shape index (κ3) is 7.31. The molecule has 1 atom stereocenters. The number of halogens is 1. The minimum absolute atomic E-state index is 0.122. The first-order valence-corrected chi connectivity index (χ1v) is 15.6. The summed E-state index contributed by atoms with van der Waals surface area (Å²) in [5, 5.41) is 9.12. The number of carbonyl (C=O) groups is 2. The normalized spacial score (nSPS) is 14.2. The average Bonchev–Trinajstić information content (AvgIpc) is 3.32. The molecule has 1 aliphatic heterocycles. The van der Waals surface area contributed by atoms with E-state index >= 15 is 0 Å². The molecule has 0 unspecified atom stereocenters. The Balaban J connectivity index is 1.94. The van der Waals surface area contributed by atoms with Gasteiger partial charge in [0.25, 0.3) is 5.56 Å². The predicted octanol–water partition coefficient (Wildman–Crippen LogP) is 3.26. The van der Waals surface area contributed by atoms with Crippen LogP contribution in [0.3, 0.4) is 0 Å². The van der Waals surface area contributed by atoms with Gasteiger partial charge in [0, 0.05) is 9.13 Å². The van der Waals surface area contributed by atoms with Crippen molar-refractivity contribution in [3.8, 4) is 29.1 Å². The molecule has 0 N–H and O–H groups in total. The van der Waals surface area contributed by atoms with Crippen LogP contribution in [0.15, 0.2) is 51.4 Å². The van der Waals surface area contributed by atoms with Gasteiger partial charge in [0.15, 0.2) is 41.0 Å². The molecule has 0 aliphatic carbocycles. The number of fused-ring (bicyclic) bond motifs is 1. The molecule has 236 valence electrons. The number of hydrogen-bond donors (Lipinski definition) is 0. The zero-order valence-corrected chi connectivity index (χ0v) is 28.1. The van der Waals surface area contributed by atoms with Crippen LogP contribution in [0, 0.1) is 14.9 Å². The summed E-state index contributed by atoms with van der Waals surface area (Å²) in [5.74, 6) is 0.139. The summed E-state index contributed by atoms with van der Waals surface area (Å²) in [6, 6.07) is 9.55. The van der Waals surface area contributed by atoms with Gasteiger partial charge in [-0.15, -0.1) is 0 Å². The number of nitriles is 1. The summed E-state index contributed by atoms with van der Waals surface area (Å²) >= 11 is 3.27. The van der Waals surface area contributed by atoms with Crippen LogP contribution in [0.1, 0.15) is 37.9 Å². The first-order chi connectivity index (χ1) is 21.7. The molecule has 0 radical (unpaired) electrons. The summed E-state index contributed by atoms with van der Waals surface area (Å²) in [6.07, 6.45) is 1.65. The number of nitrogens with zero attached hydrogens (tertiary/aromatic N) is 3. The first kappa shape index (κ1) is 33.5. The highest BCUT2D eigenvalue weighted by molar-refractivity contribution is 14.1. The van der Waals surface area contributed by atoms with E-state index in [1.807, 2.05) is 12.1 Å². The molecule has 2 aromatic carbocycles. The maximum Gasteiger partial charge on any atom is 0.343 e. The van der Waals surface area contributed by atoms with E-state index in [2.05, 4.69) is 32.3 Å². The Morgan fingerprint density at radius 2 is 1.87 bits per heavy atom. The average molecular weight is 748 g/mol. The SMILES string of the molecule is CCOC(=O)C1=C(C)N=c2s/c(=C/c3cc(I)cc(OC)c3OCC#N)c(=O)n2[C@@H]1c1ccc(OCC(=O)OC)c(OCC)c1. The Hall–Kier alpha value is -4.36. The van der Waals surface area contributed by atoms with E-state index in [1.165, 1.54) is 18.8 Å². The van der Waals surface area contributed by atoms with Crippen molar-refractivity contribution >= 4 is 51.9 Å². The van der Waals surface area contributed by atoms with Gasteiger partial charge < -0.3 is 28.4 Å². The van der Waals surface area contributed by atoms with Gasteiger partial charge in [0.1, 0.15) is 6.07 Å². The Kier molecular flexibility index (Phi) is 11.2. The molecule has 1 aliphatic rings. The molecular weight excluding hydrogens is 717 g/mol. The summed E-state index contributed by atoms with van der Waals surface area (Å²) in [7, 11) is 2.75. The second-order valence-electron chi connectivity index (χ2n) is 9.28. The standard InChI is InChI=1S/C31H30IN3O9S/c1-6-41-22-13-18(8-9-21(22)44-16-25(36)40-5)27-26(30(38)42-7-2)17(3)34-31-35(27)29(37)24(45-31)14-19-12-20(32)15-23(39-4)28(19)43-11-10-33/h8-9,12-15,27H,6-7,11,16H2,1-5H3/b24-14+/t27-/m1/s1. The van der Waals surface area contributed by atoms with Crippen LogP contribution in [0.25, 0.3) is 6.08 Å². The molecule has 2 heterocycles. The predicted molar refractivity (Wildman–Crippen MR) is 172 cm³/mol. The van der Waals surface area contributed by atoms with Crippen molar-refractivity contribution < 1.29 is 38.0 Å². The number of aromatic nitrogens is 1. The molecule has 0 fully saturated rings. The molecule has 12 nitrogen and oxygen atoms in total. The highest BCUT2D eigenvalue weighted by Gasteiger charge is 2.34. The van der Waals surface area contributed by atoms with Crippen LogP contribution in [0.5, 0.6) is 23.0 Å². The lowest BCUT2D eigenvalue weighted by Gasteiger charge is -2.25. The topological polar surface area (TPSA) is 148 Å². The third-order valence-electron chi connectivity index (χ3n) is 6.51. The lowest BCUT2D eigenvalue weighted by atomic mass is 9.95. The fraction of sp³-hybridized carbons (Fsp3) is 0.323. The second-order valence-corrected chi connectivity index (χ2v) is 11.5. The molecule has 0 bridgehead atoms. The fourth-order valence-corrected chi connectivity index (χ4v) is 6.29. The van der Waals surface area contributed by atoms with Crippen LogP contribution in [-0.4, -0.2) is 57.2 Å². The highest BCUT2D eigenvalue weighted by Crippen LogP contribution is 2.37. The van der Waals surface area contributed by atoms with Gasteiger partial charge in [-0.3, -0.25) is 9.36 Å². The van der Waals surface area contributed by atoms with Crippen LogP contribution in [0.2, 0.25) is 0 Å². The van der Waals surface area contributed by atoms with E-state index in [9.17, 15) is 14.4 Å². The van der Waals surface area contributed by atoms with Gasteiger partial charge in [-0.05, 0) is 79.3 Å². The van der Waals surface area contributed by atoms with E-state index in [0.717, 1.165) is 14.9 Å². The van der Waals surface area contributed by atoms with Crippen molar-refractivity contribution in [1.82, 2.24) is 4.57 Å². The summed E-state index contributed by atoms with van der Waals surface area (Å²) in [4.78, 5) is 44.2. The molecule has 14 heteroatoms. The van der Waals surface area contributed by atoms with Crippen LogP contribution in [-0.2, 0) is 19.1 Å². The lowest BCUT2D eigenvalue weighted by molar-refractivity contribution is -0.143. The number of rotatable bonds is 12. The molecule has 45 heavy (non-hydrogen) atoms. The molecule has 0 saturated carbocycles. The van der Waals surface area contributed by atoms with Gasteiger partial charge in [0.2, 0.25) is 0 Å². The van der Waals surface area contributed by atoms with Crippen molar-refractivity contribution in [2.45, 2.75) is 26.8 Å². The van der Waals surface area contributed by atoms with E-state index < -0.39 is 23.5 Å². The van der Waals surface area contributed by atoms with Crippen LogP contribution >= 0.6 is 33.9 Å². The Bertz CT molecular complexity index is 1870. The number of ether oxygens (including phenoxy) is 6. The minimum atomic E-state index is -0.920. The lowest BCUT2D eigenvalue weighted by Crippen LogP contribution is -2.40. The first-order valence-electron chi connectivity index (χ1n) is 13.7. The van der Waals surface area contributed by atoms with Gasteiger partial charge in [0.05, 0.1) is 49.3 Å². The van der Waals surface area contributed by atoms with Crippen LogP contribution < -0.4 is 33.8 Å². The van der Waals surface area contributed by atoms with Crippen molar-refractivity contribution in [3.05, 3.63) is 76.0 Å². The van der Waals surface area contributed by atoms with Crippen molar-refractivity contribution in [3.63, 3.8) is 0 Å². The molecular formula is C31H30IN3O9S. The number of esters is 2. The molecule has 4 rings (SSSR count). The maximum absolute atomic E-state index is 14.2. The van der Waals surface area contributed by atoms with Gasteiger partial charge >= 0.3 is 11.9 Å². The van der Waals surface area contributed by atoms with Gasteiger partial charge in [-0.25, -0.2) is 14.6 Å². The number of benzene rings is 2. The van der Waals surface area contributed by atoms with Crippen molar-refractivity contribution in [2.75, 3.05) is 40.6 Å². The smallest absolute Gasteiger partial charge is 0.343 e. The van der Waals surface area contributed by atoms with E-state index in [-0.39, 0.29) is 37.8 Å². The van der Waals surface area contributed by atoms with Crippen molar-refractivity contribution in [1.29, 1.82) is 5.26 Å². The minimum Gasteiger partial charge on any atom is -0.493 e. The number of methoxy groups -OCH3 is 2. The van der Waals surface area contributed by atoms with Crippen molar-refractivity contribution in [2.24, 2.45) is 4.99 Å². The number of carbonyl (C=O) groups excluding carboxylic acids is 2. The van der Waals surface area contributed by atoms with E-state index in [0.29, 0.717) is 43.4 Å². The highest BCUT2D eigenvalue weighted by atomic mass is 127. The van der Waals surface area contributed by atoms with Crippen LogP contribution in [0.4, 0.5) is 0 Å². The Morgan fingerprint density at radius 1 is 1.09 bits per heavy atom.